The van der Waals surface area contributed by atoms with Gasteiger partial charge in [-0.15, -0.1) is 11.3 Å². The van der Waals surface area contributed by atoms with Crippen LogP contribution in [-0.4, -0.2) is 27.9 Å². The summed E-state index contributed by atoms with van der Waals surface area (Å²) in [6, 6.07) is 9.78. The molecule has 34 heavy (non-hydrogen) atoms. The van der Waals surface area contributed by atoms with Crippen LogP contribution < -0.4 is 10.9 Å². The van der Waals surface area contributed by atoms with E-state index in [0.29, 0.717) is 27.1 Å². The van der Waals surface area contributed by atoms with Gasteiger partial charge in [0.2, 0.25) is 0 Å². The van der Waals surface area contributed by atoms with Crippen LogP contribution >= 0.6 is 11.3 Å². The lowest BCUT2D eigenvalue weighted by atomic mass is 10.0. The second-order valence-electron chi connectivity index (χ2n) is 8.40. The minimum Gasteiger partial charge on any atom is -0.464 e. The number of H-pyrrole nitrogens is 1. The number of benzene rings is 1. The number of ether oxygens (including phenoxy) is 1. The molecule has 0 fully saturated rings. The van der Waals surface area contributed by atoms with Crippen molar-refractivity contribution >= 4 is 33.4 Å². The average molecular weight is 480 g/mol. The number of carbonyl (C=O) groups excluding carboxylic acids is 2. The highest BCUT2D eigenvalue weighted by Gasteiger charge is 2.29. The maximum atomic E-state index is 12.9. The Morgan fingerprint density at radius 3 is 2.65 bits per heavy atom. The fraction of sp³-hybridized carbons (Fsp3) is 0.280. The maximum absolute atomic E-state index is 12.9. The first-order chi connectivity index (χ1) is 16.2. The Labute approximate surface area is 200 Å². The number of aromatic amines is 1. The molecule has 0 radical (unpaired) electrons. The normalized spacial score (nSPS) is 13.1. The molecule has 176 valence electrons. The number of carbonyl (C=O) groups is 2. The Morgan fingerprint density at radius 2 is 1.97 bits per heavy atom. The van der Waals surface area contributed by atoms with E-state index in [1.807, 2.05) is 32.2 Å². The summed E-state index contributed by atoms with van der Waals surface area (Å²) in [6.45, 7) is 7.16. The number of furan rings is 1. The van der Waals surface area contributed by atoms with Crippen LogP contribution in [0.2, 0.25) is 0 Å². The molecule has 2 atom stereocenters. The Balaban J connectivity index is 1.52. The molecule has 0 saturated heterocycles. The van der Waals surface area contributed by atoms with Gasteiger partial charge in [-0.05, 0) is 44.0 Å². The number of nitrogens with zero attached hydrogens (tertiary/aromatic N) is 1. The third-order valence-electron chi connectivity index (χ3n) is 5.41. The van der Waals surface area contributed by atoms with Gasteiger partial charge in [0, 0.05) is 16.5 Å². The number of hydrogen-bond donors (Lipinski definition) is 2. The smallest absolute Gasteiger partial charge is 0.329 e. The zero-order valence-corrected chi connectivity index (χ0v) is 20.1. The highest BCUT2D eigenvalue weighted by Crippen LogP contribution is 2.31. The lowest BCUT2D eigenvalue weighted by Gasteiger charge is -2.23. The lowest BCUT2D eigenvalue weighted by molar-refractivity contribution is -0.152. The number of nitrogens with one attached hydrogen (secondary N) is 2. The van der Waals surface area contributed by atoms with E-state index in [0.717, 1.165) is 5.56 Å². The monoisotopic (exact) mass is 479 g/mol. The molecule has 8 nitrogen and oxygen atoms in total. The second kappa shape index (κ2) is 9.64. The van der Waals surface area contributed by atoms with Gasteiger partial charge in [0.15, 0.2) is 11.9 Å². The third-order valence-corrected chi connectivity index (χ3v) is 6.29. The molecule has 1 unspecified atom stereocenters. The van der Waals surface area contributed by atoms with Crippen LogP contribution in [0.1, 0.15) is 48.6 Å². The zero-order valence-electron chi connectivity index (χ0n) is 19.2. The van der Waals surface area contributed by atoms with E-state index in [1.54, 1.807) is 43.5 Å². The topological polar surface area (TPSA) is 114 Å². The SMILES string of the molecule is Cc1cccc(C(=O)N[C@H](C(=O)OC(C)c2nc3scc(-c4ccco4)c3c(=O)[nH]2)C(C)C)c1. The molecule has 1 amide bonds. The van der Waals surface area contributed by atoms with E-state index in [4.69, 9.17) is 9.15 Å². The summed E-state index contributed by atoms with van der Waals surface area (Å²) >= 11 is 1.31. The molecule has 3 aromatic heterocycles. The third kappa shape index (κ3) is 4.79. The molecule has 0 aliphatic heterocycles. The van der Waals surface area contributed by atoms with Crippen molar-refractivity contribution in [1.29, 1.82) is 0 Å². The molecule has 9 heteroatoms. The lowest BCUT2D eigenvalue weighted by Crippen LogP contribution is -2.45. The molecule has 4 rings (SSSR count). The van der Waals surface area contributed by atoms with Crippen LogP contribution in [0.5, 0.6) is 0 Å². The maximum Gasteiger partial charge on any atom is 0.329 e. The van der Waals surface area contributed by atoms with Gasteiger partial charge < -0.3 is 19.5 Å². The predicted molar refractivity (Wildman–Crippen MR) is 130 cm³/mol. The van der Waals surface area contributed by atoms with Gasteiger partial charge in [0.25, 0.3) is 11.5 Å². The molecule has 0 aliphatic carbocycles. The van der Waals surface area contributed by atoms with Gasteiger partial charge >= 0.3 is 5.97 Å². The zero-order chi connectivity index (χ0) is 24.4. The fourth-order valence-corrected chi connectivity index (χ4v) is 4.52. The quantitative estimate of drug-likeness (QED) is 0.374. The summed E-state index contributed by atoms with van der Waals surface area (Å²) in [5.41, 5.74) is 1.73. The number of fused-ring (bicyclic) bond motifs is 1. The highest BCUT2D eigenvalue weighted by atomic mass is 32.1. The van der Waals surface area contributed by atoms with Gasteiger partial charge in [-0.2, -0.15) is 0 Å². The number of rotatable bonds is 7. The van der Waals surface area contributed by atoms with Crippen LogP contribution in [0.25, 0.3) is 21.5 Å². The summed E-state index contributed by atoms with van der Waals surface area (Å²) in [5, 5.41) is 4.99. The van der Waals surface area contributed by atoms with Crippen LogP contribution in [-0.2, 0) is 9.53 Å². The number of aromatic nitrogens is 2. The van der Waals surface area contributed by atoms with E-state index in [9.17, 15) is 14.4 Å². The molecule has 0 bridgehead atoms. The van der Waals surface area contributed by atoms with Crippen molar-refractivity contribution in [3.05, 3.63) is 75.3 Å². The Morgan fingerprint density at radius 1 is 1.18 bits per heavy atom. The molecular weight excluding hydrogens is 454 g/mol. The van der Waals surface area contributed by atoms with Crippen LogP contribution in [0.4, 0.5) is 0 Å². The number of hydrogen-bond acceptors (Lipinski definition) is 7. The van der Waals surface area contributed by atoms with Gasteiger partial charge in [0.1, 0.15) is 16.6 Å². The van der Waals surface area contributed by atoms with Crippen molar-refractivity contribution in [3.8, 4) is 11.3 Å². The summed E-state index contributed by atoms with van der Waals surface area (Å²) in [6.07, 6.45) is 0.718. The number of amides is 1. The van der Waals surface area contributed by atoms with Crippen molar-refractivity contribution in [1.82, 2.24) is 15.3 Å². The van der Waals surface area contributed by atoms with E-state index in [2.05, 4.69) is 15.3 Å². The van der Waals surface area contributed by atoms with E-state index < -0.39 is 18.1 Å². The van der Waals surface area contributed by atoms with Crippen LogP contribution in [0, 0.1) is 12.8 Å². The number of aryl methyl sites for hydroxylation is 1. The number of esters is 1. The first-order valence-corrected chi connectivity index (χ1v) is 11.8. The standard InChI is InChI=1S/C25H25N3O5S/c1-13(2)20(26-22(29)16-8-5-7-14(3)11-16)25(31)33-15(4)21-27-23(30)19-17(12-34-24(19)28-21)18-9-6-10-32-18/h5-13,15,20H,1-4H3,(H,26,29)(H,27,28,30)/t15?,20-/m0/s1. The first kappa shape index (κ1) is 23.4. The molecule has 2 N–H and O–H groups in total. The largest absolute Gasteiger partial charge is 0.464 e. The summed E-state index contributed by atoms with van der Waals surface area (Å²) in [7, 11) is 0. The Hall–Kier alpha value is -3.72. The van der Waals surface area contributed by atoms with Crippen molar-refractivity contribution in [2.45, 2.75) is 39.8 Å². The Bertz CT molecular complexity index is 1390. The first-order valence-electron chi connectivity index (χ1n) is 10.9. The van der Waals surface area contributed by atoms with Crippen molar-refractivity contribution in [2.75, 3.05) is 0 Å². The van der Waals surface area contributed by atoms with Gasteiger partial charge in [-0.1, -0.05) is 31.5 Å². The summed E-state index contributed by atoms with van der Waals surface area (Å²) in [4.78, 5) is 46.2. The van der Waals surface area contributed by atoms with E-state index >= 15 is 0 Å². The van der Waals surface area contributed by atoms with Gasteiger partial charge in [0.05, 0.1) is 11.6 Å². The predicted octanol–water partition coefficient (Wildman–Crippen LogP) is 4.61. The van der Waals surface area contributed by atoms with E-state index in [1.165, 1.54) is 11.3 Å². The second-order valence-corrected chi connectivity index (χ2v) is 9.26. The van der Waals surface area contributed by atoms with Gasteiger partial charge in [-0.25, -0.2) is 9.78 Å². The van der Waals surface area contributed by atoms with Crippen LogP contribution in [0.15, 0.2) is 57.3 Å². The Kier molecular flexibility index (Phi) is 6.65. The number of thiophene rings is 1. The van der Waals surface area contributed by atoms with Crippen molar-refractivity contribution in [2.24, 2.45) is 5.92 Å². The van der Waals surface area contributed by atoms with Crippen LogP contribution in [0.3, 0.4) is 0 Å². The molecule has 3 heterocycles. The summed E-state index contributed by atoms with van der Waals surface area (Å²) in [5.74, 6) is -0.366. The molecule has 4 aromatic rings. The van der Waals surface area contributed by atoms with E-state index in [-0.39, 0.29) is 23.2 Å². The molecule has 1 aromatic carbocycles. The molecule has 0 aliphatic rings. The average Bonchev–Trinajstić information content (AvgIpc) is 3.46. The fourth-order valence-electron chi connectivity index (χ4n) is 3.58. The molecular formula is C25H25N3O5S. The van der Waals surface area contributed by atoms with Crippen molar-refractivity contribution < 1.29 is 18.7 Å². The van der Waals surface area contributed by atoms with Gasteiger partial charge in [-0.3, -0.25) is 9.59 Å². The minimum absolute atomic E-state index is 0.212. The highest BCUT2D eigenvalue weighted by molar-refractivity contribution is 7.17. The molecule has 0 spiro atoms. The molecule has 0 saturated carbocycles. The summed E-state index contributed by atoms with van der Waals surface area (Å²) < 4.78 is 11.0. The van der Waals surface area contributed by atoms with Crippen molar-refractivity contribution in [3.63, 3.8) is 0 Å². The minimum atomic E-state index is -0.863.